The number of rotatable bonds is 8. The molecule has 134 valence electrons. The van der Waals surface area contributed by atoms with Crippen LogP contribution in [0.5, 0.6) is 11.5 Å². The monoisotopic (exact) mass is 347 g/mol. The first-order valence-corrected chi connectivity index (χ1v) is 8.91. The zero-order valence-electron chi connectivity index (χ0n) is 15.4. The number of hydrogen-bond donors (Lipinski definition) is 1. The van der Waals surface area contributed by atoms with Gasteiger partial charge >= 0.3 is 0 Å². The lowest BCUT2D eigenvalue weighted by atomic mass is 10.1. The fraction of sp³-hybridized carbons (Fsp3) is 0.217. The van der Waals surface area contributed by atoms with Gasteiger partial charge in [0.15, 0.2) is 0 Å². The lowest BCUT2D eigenvalue weighted by molar-refractivity contribution is 0.216. The molecular weight excluding hydrogens is 322 g/mol. The first kappa shape index (κ1) is 17.9. The summed E-state index contributed by atoms with van der Waals surface area (Å²) >= 11 is 0. The molecule has 3 nitrogen and oxygen atoms in total. The van der Waals surface area contributed by atoms with E-state index in [-0.39, 0.29) is 0 Å². The van der Waals surface area contributed by atoms with Gasteiger partial charge in [-0.3, -0.25) is 0 Å². The smallest absolute Gasteiger partial charge is 0.124 e. The summed E-state index contributed by atoms with van der Waals surface area (Å²) in [4.78, 5) is 0. The van der Waals surface area contributed by atoms with Gasteiger partial charge in [-0.2, -0.15) is 0 Å². The quantitative estimate of drug-likeness (QED) is 0.555. The molecule has 0 aliphatic heterocycles. The van der Waals surface area contributed by atoms with Gasteiger partial charge in [-0.15, -0.1) is 0 Å². The standard InChI is InChI=1S/C23H25NO2/c1-18-14-19(2)16-21(15-18)24-17-20-8-6-7-11-23(20)26-13-12-25-22-9-4-3-5-10-22/h3-11,14-16,24H,12-13,17H2,1-2H3. The van der Waals surface area contributed by atoms with Gasteiger partial charge in [0.2, 0.25) is 0 Å². The summed E-state index contributed by atoms with van der Waals surface area (Å²) in [5, 5.41) is 3.49. The molecule has 0 amide bonds. The van der Waals surface area contributed by atoms with Crippen molar-refractivity contribution in [2.24, 2.45) is 0 Å². The third-order valence-corrected chi connectivity index (χ3v) is 4.03. The van der Waals surface area contributed by atoms with Crippen LogP contribution in [0.4, 0.5) is 5.69 Å². The van der Waals surface area contributed by atoms with Crippen LogP contribution in [0, 0.1) is 13.8 Å². The fourth-order valence-corrected chi connectivity index (χ4v) is 2.89. The van der Waals surface area contributed by atoms with Crippen molar-refractivity contribution in [1.82, 2.24) is 0 Å². The Balaban J connectivity index is 1.54. The lowest BCUT2D eigenvalue weighted by Gasteiger charge is -2.14. The number of benzene rings is 3. The topological polar surface area (TPSA) is 30.5 Å². The Morgan fingerprint density at radius 2 is 1.38 bits per heavy atom. The summed E-state index contributed by atoms with van der Waals surface area (Å²) < 4.78 is 11.6. The number of para-hydroxylation sites is 2. The second-order valence-corrected chi connectivity index (χ2v) is 6.35. The van der Waals surface area contributed by atoms with E-state index in [4.69, 9.17) is 9.47 Å². The summed E-state index contributed by atoms with van der Waals surface area (Å²) in [5.41, 5.74) is 4.78. The molecule has 0 unspecified atom stereocenters. The molecule has 0 aliphatic rings. The lowest BCUT2D eigenvalue weighted by Crippen LogP contribution is -2.11. The second kappa shape index (κ2) is 8.95. The van der Waals surface area contributed by atoms with Gasteiger partial charge in [0.1, 0.15) is 24.7 Å². The van der Waals surface area contributed by atoms with E-state index in [0.717, 1.165) is 29.3 Å². The molecule has 3 aromatic carbocycles. The second-order valence-electron chi connectivity index (χ2n) is 6.35. The number of aryl methyl sites for hydroxylation is 2. The van der Waals surface area contributed by atoms with E-state index in [9.17, 15) is 0 Å². The molecule has 26 heavy (non-hydrogen) atoms. The zero-order chi connectivity index (χ0) is 18.2. The minimum absolute atomic E-state index is 0.509. The molecule has 1 N–H and O–H groups in total. The highest BCUT2D eigenvalue weighted by atomic mass is 16.5. The molecule has 0 heterocycles. The van der Waals surface area contributed by atoms with E-state index in [2.05, 4.69) is 43.4 Å². The van der Waals surface area contributed by atoms with Gasteiger partial charge in [0, 0.05) is 17.8 Å². The molecule has 0 atom stereocenters. The predicted molar refractivity (Wildman–Crippen MR) is 107 cm³/mol. The molecule has 0 aromatic heterocycles. The Morgan fingerprint density at radius 3 is 2.15 bits per heavy atom. The summed E-state index contributed by atoms with van der Waals surface area (Å²) in [6.07, 6.45) is 0. The Bertz CT molecular complexity index is 810. The number of hydrogen-bond acceptors (Lipinski definition) is 3. The van der Waals surface area contributed by atoms with E-state index < -0.39 is 0 Å². The third kappa shape index (κ3) is 5.28. The van der Waals surface area contributed by atoms with Crippen LogP contribution in [0.1, 0.15) is 16.7 Å². The Kier molecular flexibility index (Phi) is 6.15. The van der Waals surface area contributed by atoms with Gasteiger partial charge in [-0.05, 0) is 55.3 Å². The van der Waals surface area contributed by atoms with Crippen molar-refractivity contribution in [2.45, 2.75) is 20.4 Å². The fourth-order valence-electron chi connectivity index (χ4n) is 2.89. The number of anilines is 1. The van der Waals surface area contributed by atoms with Crippen LogP contribution >= 0.6 is 0 Å². The van der Waals surface area contributed by atoms with Crippen molar-refractivity contribution in [3.8, 4) is 11.5 Å². The molecule has 0 spiro atoms. The Hall–Kier alpha value is -2.94. The normalized spacial score (nSPS) is 10.4. The average Bonchev–Trinajstić information content (AvgIpc) is 2.64. The third-order valence-electron chi connectivity index (χ3n) is 4.03. The van der Waals surface area contributed by atoms with Crippen LogP contribution in [-0.4, -0.2) is 13.2 Å². The van der Waals surface area contributed by atoms with Gasteiger partial charge in [-0.1, -0.05) is 42.5 Å². The summed E-state index contributed by atoms with van der Waals surface area (Å²) in [6.45, 7) is 5.97. The largest absolute Gasteiger partial charge is 0.490 e. The summed E-state index contributed by atoms with van der Waals surface area (Å²) in [5.74, 6) is 1.75. The minimum Gasteiger partial charge on any atom is -0.490 e. The van der Waals surface area contributed by atoms with E-state index in [1.165, 1.54) is 11.1 Å². The summed E-state index contributed by atoms with van der Waals surface area (Å²) in [6, 6.07) is 24.4. The maximum absolute atomic E-state index is 5.93. The van der Waals surface area contributed by atoms with Crippen LogP contribution in [0.25, 0.3) is 0 Å². The molecule has 3 heteroatoms. The van der Waals surface area contributed by atoms with Crippen molar-refractivity contribution in [3.63, 3.8) is 0 Å². The number of ether oxygens (including phenoxy) is 2. The molecule has 0 saturated carbocycles. The average molecular weight is 347 g/mol. The molecule has 0 saturated heterocycles. The zero-order valence-corrected chi connectivity index (χ0v) is 15.4. The Morgan fingerprint density at radius 1 is 0.731 bits per heavy atom. The van der Waals surface area contributed by atoms with Crippen LogP contribution in [0.2, 0.25) is 0 Å². The highest BCUT2D eigenvalue weighted by molar-refractivity contribution is 5.49. The number of nitrogens with one attached hydrogen (secondary N) is 1. The molecule has 0 fully saturated rings. The van der Waals surface area contributed by atoms with Gasteiger partial charge < -0.3 is 14.8 Å². The minimum atomic E-state index is 0.509. The maximum atomic E-state index is 5.93. The molecule has 3 rings (SSSR count). The van der Waals surface area contributed by atoms with Crippen molar-refractivity contribution >= 4 is 5.69 Å². The van der Waals surface area contributed by atoms with Crippen LogP contribution in [0.15, 0.2) is 72.8 Å². The van der Waals surface area contributed by atoms with Crippen molar-refractivity contribution in [3.05, 3.63) is 89.5 Å². The van der Waals surface area contributed by atoms with E-state index in [1.54, 1.807) is 0 Å². The highest BCUT2D eigenvalue weighted by Crippen LogP contribution is 2.21. The van der Waals surface area contributed by atoms with Crippen molar-refractivity contribution in [2.75, 3.05) is 18.5 Å². The molecule has 0 aliphatic carbocycles. The van der Waals surface area contributed by atoms with Gasteiger partial charge in [0.05, 0.1) is 0 Å². The first-order chi connectivity index (χ1) is 12.7. The predicted octanol–water partition coefficient (Wildman–Crippen LogP) is 5.37. The highest BCUT2D eigenvalue weighted by Gasteiger charge is 2.04. The maximum Gasteiger partial charge on any atom is 0.124 e. The van der Waals surface area contributed by atoms with E-state index in [0.29, 0.717) is 13.2 Å². The SMILES string of the molecule is Cc1cc(C)cc(NCc2ccccc2OCCOc2ccccc2)c1. The van der Waals surface area contributed by atoms with Crippen LogP contribution < -0.4 is 14.8 Å². The summed E-state index contributed by atoms with van der Waals surface area (Å²) in [7, 11) is 0. The Labute approximate surface area is 155 Å². The van der Waals surface area contributed by atoms with Crippen LogP contribution in [0.3, 0.4) is 0 Å². The van der Waals surface area contributed by atoms with Crippen molar-refractivity contribution in [1.29, 1.82) is 0 Å². The van der Waals surface area contributed by atoms with Crippen molar-refractivity contribution < 1.29 is 9.47 Å². The first-order valence-electron chi connectivity index (χ1n) is 8.91. The molecule has 0 radical (unpaired) electrons. The van der Waals surface area contributed by atoms with Gasteiger partial charge in [-0.25, -0.2) is 0 Å². The van der Waals surface area contributed by atoms with Gasteiger partial charge in [0.25, 0.3) is 0 Å². The van der Waals surface area contributed by atoms with E-state index in [1.807, 2.05) is 48.5 Å². The molecule has 0 bridgehead atoms. The molecular formula is C23H25NO2. The van der Waals surface area contributed by atoms with E-state index >= 15 is 0 Å². The molecule has 3 aromatic rings. The van der Waals surface area contributed by atoms with Crippen LogP contribution in [-0.2, 0) is 6.54 Å².